The molecule has 0 heterocycles. The Balaban J connectivity index is 2.70. The van der Waals surface area contributed by atoms with E-state index in [-0.39, 0.29) is 5.69 Å². The van der Waals surface area contributed by atoms with E-state index in [9.17, 15) is 10.0 Å². The fourth-order valence-corrected chi connectivity index (χ4v) is 1.84. The smallest absolute Gasteiger partial charge is 0.343 e. The Labute approximate surface area is 110 Å². The molecule has 0 aliphatic heterocycles. The maximum absolute atomic E-state index is 11.1. The monoisotopic (exact) mass is 253 g/mol. The number of hydrogen-bond donors (Lipinski definition) is 2. The van der Waals surface area contributed by atoms with Crippen LogP contribution in [-0.4, -0.2) is 11.2 Å². The van der Waals surface area contributed by atoms with E-state index >= 15 is 0 Å². The first-order valence-electron chi connectivity index (χ1n) is 5.52. The van der Waals surface area contributed by atoms with Gasteiger partial charge in [0.05, 0.1) is 17.3 Å². The summed E-state index contributed by atoms with van der Waals surface area (Å²) >= 11 is 0. The van der Waals surface area contributed by atoms with Gasteiger partial charge in [-0.1, -0.05) is 36.4 Å². The van der Waals surface area contributed by atoms with Crippen molar-refractivity contribution >= 4 is 11.7 Å². The second kappa shape index (κ2) is 5.21. The fraction of sp³-hybridized carbons (Fsp3) is 0. The SMILES string of the molecule is N#Cc1cccc(N(O)C(N)=O)c1-c1ccccc1. The van der Waals surface area contributed by atoms with E-state index in [1.165, 1.54) is 6.07 Å². The van der Waals surface area contributed by atoms with Crippen LogP contribution in [0.2, 0.25) is 0 Å². The number of nitrogens with two attached hydrogens (primary N) is 1. The van der Waals surface area contributed by atoms with Crippen LogP contribution >= 0.6 is 0 Å². The summed E-state index contributed by atoms with van der Waals surface area (Å²) in [6.45, 7) is 0. The van der Waals surface area contributed by atoms with Gasteiger partial charge in [-0.25, -0.2) is 4.79 Å². The van der Waals surface area contributed by atoms with E-state index < -0.39 is 6.03 Å². The second-order valence-corrected chi connectivity index (χ2v) is 3.83. The van der Waals surface area contributed by atoms with Crippen LogP contribution in [0.5, 0.6) is 0 Å². The zero-order valence-electron chi connectivity index (χ0n) is 9.95. The van der Waals surface area contributed by atoms with Crippen molar-refractivity contribution in [1.82, 2.24) is 0 Å². The lowest BCUT2D eigenvalue weighted by Gasteiger charge is -2.17. The van der Waals surface area contributed by atoms with Crippen LogP contribution in [0.4, 0.5) is 10.5 Å². The van der Waals surface area contributed by atoms with Gasteiger partial charge in [-0.2, -0.15) is 10.3 Å². The average molecular weight is 253 g/mol. The number of benzene rings is 2. The van der Waals surface area contributed by atoms with Crippen molar-refractivity contribution in [3.05, 3.63) is 54.1 Å². The quantitative estimate of drug-likeness (QED) is 0.636. The molecule has 0 aliphatic carbocycles. The first-order chi connectivity index (χ1) is 9.15. The lowest BCUT2D eigenvalue weighted by atomic mass is 9.98. The molecule has 2 amide bonds. The van der Waals surface area contributed by atoms with E-state index in [2.05, 4.69) is 0 Å². The van der Waals surface area contributed by atoms with Crippen LogP contribution in [0, 0.1) is 11.3 Å². The minimum atomic E-state index is -1.01. The summed E-state index contributed by atoms with van der Waals surface area (Å²) in [7, 11) is 0. The van der Waals surface area contributed by atoms with Crippen molar-refractivity contribution in [1.29, 1.82) is 5.26 Å². The molecule has 0 atom stereocenters. The van der Waals surface area contributed by atoms with Crippen molar-refractivity contribution in [3.8, 4) is 17.2 Å². The third-order valence-electron chi connectivity index (χ3n) is 2.66. The van der Waals surface area contributed by atoms with Gasteiger partial charge < -0.3 is 5.73 Å². The highest BCUT2D eigenvalue weighted by atomic mass is 16.5. The van der Waals surface area contributed by atoms with Gasteiger partial charge in [0, 0.05) is 5.56 Å². The van der Waals surface area contributed by atoms with E-state index in [1.807, 2.05) is 12.1 Å². The summed E-state index contributed by atoms with van der Waals surface area (Å²) < 4.78 is 0. The number of carbonyl (C=O) groups is 1. The number of nitriles is 1. The van der Waals surface area contributed by atoms with Crippen LogP contribution in [0.3, 0.4) is 0 Å². The van der Waals surface area contributed by atoms with Crippen molar-refractivity contribution in [3.63, 3.8) is 0 Å². The Morgan fingerprint density at radius 2 is 1.84 bits per heavy atom. The van der Waals surface area contributed by atoms with E-state index in [0.717, 1.165) is 5.56 Å². The molecule has 0 saturated heterocycles. The highest BCUT2D eigenvalue weighted by Gasteiger charge is 2.17. The number of anilines is 1. The van der Waals surface area contributed by atoms with Crippen LogP contribution in [0.1, 0.15) is 5.56 Å². The zero-order valence-corrected chi connectivity index (χ0v) is 9.95. The lowest BCUT2D eigenvalue weighted by molar-refractivity contribution is 0.212. The van der Waals surface area contributed by atoms with Gasteiger partial charge in [-0.3, -0.25) is 5.21 Å². The second-order valence-electron chi connectivity index (χ2n) is 3.83. The number of amides is 2. The molecule has 0 aliphatic rings. The Bertz CT molecular complexity index is 647. The molecular formula is C14H11N3O2. The molecule has 0 radical (unpaired) electrons. The number of nitrogens with zero attached hydrogens (tertiary/aromatic N) is 2. The molecule has 0 fully saturated rings. The molecule has 94 valence electrons. The normalized spacial score (nSPS) is 9.68. The zero-order chi connectivity index (χ0) is 13.8. The standard InChI is InChI=1S/C14H11N3O2/c15-9-11-7-4-8-12(17(19)14(16)18)13(11)10-5-2-1-3-6-10/h1-8,19H,(H2,16,18). The summed E-state index contributed by atoms with van der Waals surface area (Å²) in [5.74, 6) is 0. The molecule has 0 bridgehead atoms. The Kier molecular flexibility index (Phi) is 3.46. The fourth-order valence-electron chi connectivity index (χ4n) is 1.84. The average Bonchev–Trinajstić information content (AvgIpc) is 2.46. The number of primary amides is 1. The molecule has 0 unspecified atom stereocenters. The van der Waals surface area contributed by atoms with Gasteiger partial charge in [-0.05, 0) is 17.7 Å². The summed E-state index contributed by atoms with van der Waals surface area (Å²) in [6.07, 6.45) is 0. The minimum Gasteiger partial charge on any atom is -0.349 e. The van der Waals surface area contributed by atoms with Gasteiger partial charge in [0.25, 0.3) is 0 Å². The van der Waals surface area contributed by atoms with E-state index in [0.29, 0.717) is 16.2 Å². The van der Waals surface area contributed by atoms with Crippen molar-refractivity contribution in [2.24, 2.45) is 5.73 Å². The Morgan fingerprint density at radius 1 is 1.16 bits per heavy atom. The summed E-state index contributed by atoms with van der Waals surface area (Å²) in [4.78, 5) is 11.1. The molecule has 5 nitrogen and oxygen atoms in total. The van der Waals surface area contributed by atoms with Crippen molar-refractivity contribution < 1.29 is 10.0 Å². The largest absolute Gasteiger partial charge is 0.349 e. The minimum absolute atomic E-state index is 0.178. The first kappa shape index (κ1) is 12.6. The number of hydroxylamine groups is 1. The van der Waals surface area contributed by atoms with Crippen molar-refractivity contribution in [2.75, 3.05) is 5.06 Å². The van der Waals surface area contributed by atoms with Crippen molar-refractivity contribution in [2.45, 2.75) is 0 Å². The number of hydrogen-bond acceptors (Lipinski definition) is 3. The van der Waals surface area contributed by atoms with Crippen LogP contribution < -0.4 is 10.8 Å². The summed E-state index contributed by atoms with van der Waals surface area (Å²) in [5, 5.41) is 19.2. The molecule has 0 spiro atoms. The number of urea groups is 1. The maximum Gasteiger partial charge on any atom is 0.343 e. The molecule has 0 saturated carbocycles. The van der Waals surface area contributed by atoms with Gasteiger partial charge in [0.1, 0.15) is 0 Å². The van der Waals surface area contributed by atoms with Crippen LogP contribution in [0.15, 0.2) is 48.5 Å². The van der Waals surface area contributed by atoms with Crippen LogP contribution in [0.25, 0.3) is 11.1 Å². The van der Waals surface area contributed by atoms with Gasteiger partial charge >= 0.3 is 6.03 Å². The summed E-state index contributed by atoms with van der Waals surface area (Å²) in [5.41, 5.74) is 6.77. The molecule has 3 N–H and O–H groups in total. The van der Waals surface area contributed by atoms with E-state index in [1.54, 1.807) is 36.4 Å². The molecule has 2 aromatic carbocycles. The highest BCUT2D eigenvalue weighted by molar-refractivity contribution is 5.95. The third kappa shape index (κ3) is 2.39. The van der Waals surface area contributed by atoms with Gasteiger partial charge in [0.2, 0.25) is 0 Å². The number of rotatable bonds is 2. The number of carbonyl (C=O) groups excluding carboxylic acids is 1. The highest BCUT2D eigenvalue weighted by Crippen LogP contribution is 2.33. The Hall–Kier alpha value is -2.84. The molecule has 2 rings (SSSR count). The molecule has 19 heavy (non-hydrogen) atoms. The van der Waals surface area contributed by atoms with Gasteiger partial charge in [0.15, 0.2) is 0 Å². The lowest BCUT2D eigenvalue weighted by Crippen LogP contribution is -2.32. The van der Waals surface area contributed by atoms with Crippen LogP contribution in [-0.2, 0) is 0 Å². The molecular weight excluding hydrogens is 242 g/mol. The predicted octanol–water partition coefficient (Wildman–Crippen LogP) is 2.50. The molecule has 2 aromatic rings. The first-order valence-corrected chi connectivity index (χ1v) is 5.52. The predicted molar refractivity (Wildman–Crippen MR) is 70.4 cm³/mol. The maximum atomic E-state index is 11.1. The van der Waals surface area contributed by atoms with Gasteiger partial charge in [-0.15, -0.1) is 0 Å². The Morgan fingerprint density at radius 3 is 2.42 bits per heavy atom. The topological polar surface area (TPSA) is 90.3 Å². The summed E-state index contributed by atoms with van der Waals surface area (Å²) in [6, 6.07) is 14.8. The van der Waals surface area contributed by atoms with E-state index in [4.69, 9.17) is 11.0 Å². The molecule has 5 heteroatoms. The third-order valence-corrected chi connectivity index (χ3v) is 2.66. The molecule has 0 aromatic heterocycles.